The summed E-state index contributed by atoms with van der Waals surface area (Å²) in [4.78, 5) is 19.9. The molecule has 0 radical (unpaired) electrons. The average molecular weight is 613 g/mol. The Bertz CT molecular complexity index is 2540. The van der Waals surface area contributed by atoms with Gasteiger partial charge in [-0.15, -0.1) is 0 Å². The minimum atomic E-state index is 0.629. The van der Waals surface area contributed by atoms with Crippen LogP contribution in [0, 0.1) is 0 Å². The molecule has 9 aromatic rings. The van der Waals surface area contributed by atoms with E-state index < -0.39 is 0 Å². The van der Waals surface area contributed by atoms with Gasteiger partial charge in [-0.1, -0.05) is 158 Å². The van der Waals surface area contributed by atoms with Crippen LogP contribution in [0.5, 0.6) is 0 Å². The first-order valence-corrected chi connectivity index (χ1v) is 16.1. The molecule has 0 aliphatic carbocycles. The van der Waals surface area contributed by atoms with Crippen LogP contribution in [-0.4, -0.2) is 19.9 Å². The normalized spacial score (nSPS) is 11.3. The van der Waals surface area contributed by atoms with E-state index in [0.29, 0.717) is 17.5 Å². The molecule has 4 heteroatoms. The van der Waals surface area contributed by atoms with Gasteiger partial charge in [0.2, 0.25) is 0 Å². The third-order valence-electron chi connectivity index (χ3n) is 8.90. The molecule has 0 N–H and O–H groups in total. The summed E-state index contributed by atoms with van der Waals surface area (Å²) in [5.74, 6) is 1.92. The lowest BCUT2D eigenvalue weighted by Crippen LogP contribution is -2.00. The lowest BCUT2D eigenvalue weighted by molar-refractivity contribution is 1.07. The molecule has 0 atom stereocenters. The van der Waals surface area contributed by atoms with Gasteiger partial charge in [0.05, 0.1) is 11.2 Å². The van der Waals surface area contributed by atoms with Gasteiger partial charge in [-0.05, 0) is 34.0 Å². The molecule has 7 aromatic carbocycles. The Morgan fingerprint density at radius 2 is 0.833 bits per heavy atom. The van der Waals surface area contributed by atoms with E-state index in [1.807, 2.05) is 60.7 Å². The zero-order valence-corrected chi connectivity index (χ0v) is 26.0. The van der Waals surface area contributed by atoms with Gasteiger partial charge >= 0.3 is 0 Å². The lowest BCUT2D eigenvalue weighted by atomic mass is 9.92. The molecule has 2 heterocycles. The molecular formula is C44H28N4. The van der Waals surface area contributed by atoms with Crippen molar-refractivity contribution in [2.45, 2.75) is 0 Å². The SMILES string of the molecule is c1ccc(-c2nc(-c3ccccc3)nc(-c3ccc(-c4nc5ccccc5c5c(-c6ccc7ccccc7c6)cccc45)cc3)n2)cc1. The molecule has 0 unspecified atom stereocenters. The van der Waals surface area contributed by atoms with Gasteiger partial charge in [0.25, 0.3) is 0 Å². The molecule has 0 bridgehead atoms. The zero-order valence-electron chi connectivity index (χ0n) is 26.0. The first-order valence-electron chi connectivity index (χ1n) is 16.1. The maximum Gasteiger partial charge on any atom is 0.164 e. The first-order chi connectivity index (χ1) is 23.8. The van der Waals surface area contributed by atoms with Crippen molar-refractivity contribution < 1.29 is 0 Å². The Balaban J connectivity index is 1.19. The van der Waals surface area contributed by atoms with Gasteiger partial charge in [0.15, 0.2) is 17.5 Å². The number of nitrogens with zero attached hydrogens (tertiary/aromatic N) is 4. The van der Waals surface area contributed by atoms with Crippen LogP contribution in [0.2, 0.25) is 0 Å². The van der Waals surface area contributed by atoms with Gasteiger partial charge in [0, 0.05) is 38.4 Å². The molecule has 0 saturated carbocycles. The van der Waals surface area contributed by atoms with Crippen LogP contribution in [0.4, 0.5) is 0 Å². The fourth-order valence-corrected chi connectivity index (χ4v) is 6.54. The third kappa shape index (κ3) is 4.97. The zero-order chi connectivity index (χ0) is 31.9. The molecular weight excluding hydrogens is 585 g/mol. The molecule has 0 aliphatic heterocycles. The Labute approximate surface area is 278 Å². The largest absolute Gasteiger partial charge is 0.247 e. The van der Waals surface area contributed by atoms with Gasteiger partial charge in [-0.25, -0.2) is 19.9 Å². The van der Waals surface area contributed by atoms with Gasteiger partial charge in [0.1, 0.15) is 0 Å². The standard InChI is InChI=1S/C44H28N4/c1-3-13-31(14-4-1)42-46-43(32-15-5-2-6-16-32)48-44(47-42)33-25-23-30(24-26-33)41-38-20-11-19-36(40(38)37-18-9-10-21-39(37)45-41)35-27-22-29-12-7-8-17-34(29)28-35/h1-28H. The summed E-state index contributed by atoms with van der Waals surface area (Å²) < 4.78 is 0. The van der Waals surface area contributed by atoms with Crippen LogP contribution < -0.4 is 0 Å². The Morgan fingerprint density at radius 1 is 0.312 bits per heavy atom. The molecule has 48 heavy (non-hydrogen) atoms. The fraction of sp³-hybridized carbons (Fsp3) is 0. The number of benzene rings is 7. The molecule has 224 valence electrons. The monoisotopic (exact) mass is 612 g/mol. The first kappa shape index (κ1) is 27.8. The highest BCUT2D eigenvalue weighted by Crippen LogP contribution is 2.39. The van der Waals surface area contributed by atoms with E-state index in [-0.39, 0.29) is 0 Å². The maximum atomic E-state index is 5.23. The second-order valence-electron chi connectivity index (χ2n) is 11.9. The summed E-state index contributed by atoms with van der Waals surface area (Å²) in [5, 5.41) is 5.92. The van der Waals surface area contributed by atoms with Gasteiger partial charge < -0.3 is 0 Å². The van der Waals surface area contributed by atoms with E-state index >= 15 is 0 Å². The van der Waals surface area contributed by atoms with Crippen LogP contribution in [-0.2, 0) is 0 Å². The van der Waals surface area contributed by atoms with Crippen molar-refractivity contribution in [2.24, 2.45) is 0 Å². The summed E-state index contributed by atoms with van der Waals surface area (Å²) >= 11 is 0. The summed E-state index contributed by atoms with van der Waals surface area (Å²) in [6.07, 6.45) is 0. The Morgan fingerprint density at radius 3 is 1.52 bits per heavy atom. The van der Waals surface area contributed by atoms with Crippen molar-refractivity contribution in [3.8, 4) is 56.5 Å². The van der Waals surface area contributed by atoms with Crippen molar-refractivity contribution in [3.63, 3.8) is 0 Å². The molecule has 0 fully saturated rings. The van der Waals surface area contributed by atoms with Crippen LogP contribution in [0.3, 0.4) is 0 Å². The molecule has 0 amide bonds. The maximum absolute atomic E-state index is 5.23. The van der Waals surface area contributed by atoms with Crippen molar-refractivity contribution in [1.29, 1.82) is 0 Å². The minimum Gasteiger partial charge on any atom is -0.247 e. The number of para-hydroxylation sites is 1. The molecule has 0 saturated heterocycles. The van der Waals surface area contributed by atoms with Crippen LogP contribution in [0.1, 0.15) is 0 Å². The van der Waals surface area contributed by atoms with Crippen LogP contribution in [0.25, 0.3) is 89.0 Å². The number of pyridine rings is 1. The van der Waals surface area contributed by atoms with E-state index in [1.165, 1.54) is 27.3 Å². The number of hydrogen-bond acceptors (Lipinski definition) is 4. The summed E-state index contributed by atoms with van der Waals surface area (Å²) in [5.41, 5.74) is 8.14. The summed E-state index contributed by atoms with van der Waals surface area (Å²) in [7, 11) is 0. The summed E-state index contributed by atoms with van der Waals surface area (Å²) in [6, 6.07) is 58.8. The van der Waals surface area contributed by atoms with Crippen LogP contribution >= 0.6 is 0 Å². The van der Waals surface area contributed by atoms with Crippen molar-refractivity contribution in [1.82, 2.24) is 19.9 Å². The number of rotatable bonds is 5. The van der Waals surface area contributed by atoms with Crippen molar-refractivity contribution >= 4 is 32.4 Å². The highest BCUT2D eigenvalue weighted by molar-refractivity contribution is 6.17. The Hall–Kier alpha value is -6.52. The molecule has 0 aliphatic rings. The summed E-state index contributed by atoms with van der Waals surface area (Å²) in [6.45, 7) is 0. The molecule has 2 aromatic heterocycles. The second-order valence-corrected chi connectivity index (χ2v) is 11.9. The average Bonchev–Trinajstić information content (AvgIpc) is 3.17. The van der Waals surface area contributed by atoms with Crippen molar-refractivity contribution in [3.05, 3.63) is 170 Å². The number of aromatic nitrogens is 4. The fourth-order valence-electron chi connectivity index (χ4n) is 6.54. The predicted octanol–water partition coefficient (Wildman–Crippen LogP) is 11.1. The minimum absolute atomic E-state index is 0.629. The molecule has 9 rings (SSSR count). The molecule has 4 nitrogen and oxygen atoms in total. The highest BCUT2D eigenvalue weighted by Gasteiger charge is 2.16. The van der Waals surface area contributed by atoms with E-state index in [1.54, 1.807) is 0 Å². The second kappa shape index (κ2) is 11.7. The quantitative estimate of drug-likeness (QED) is 0.181. The Kier molecular flexibility index (Phi) is 6.76. The molecule has 0 spiro atoms. The van der Waals surface area contributed by atoms with E-state index in [9.17, 15) is 0 Å². The van der Waals surface area contributed by atoms with Gasteiger partial charge in [-0.2, -0.15) is 0 Å². The van der Waals surface area contributed by atoms with E-state index in [2.05, 4.69) is 109 Å². The van der Waals surface area contributed by atoms with E-state index in [0.717, 1.165) is 44.2 Å². The topological polar surface area (TPSA) is 51.6 Å². The number of hydrogen-bond donors (Lipinski definition) is 0. The van der Waals surface area contributed by atoms with Gasteiger partial charge in [-0.3, -0.25) is 0 Å². The highest BCUT2D eigenvalue weighted by atomic mass is 15.0. The lowest BCUT2D eigenvalue weighted by Gasteiger charge is -2.15. The van der Waals surface area contributed by atoms with Crippen LogP contribution in [0.15, 0.2) is 170 Å². The third-order valence-corrected chi connectivity index (χ3v) is 8.90. The number of fused-ring (bicyclic) bond motifs is 4. The van der Waals surface area contributed by atoms with Crippen molar-refractivity contribution in [2.75, 3.05) is 0 Å². The predicted molar refractivity (Wildman–Crippen MR) is 197 cm³/mol. The van der Waals surface area contributed by atoms with E-state index in [4.69, 9.17) is 19.9 Å². The smallest absolute Gasteiger partial charge is 0.164 e.